The summed E-state index contributed by atoms with van der Waals surface area (Å²) in [6.07, 6.45) is 0.602. The zero-order chi connectivity index (χ0) is 15.7. The summed E-state index contributed by atoms with van der Waals surface area (Å²) in [6, 6.07) is 10.6. The van der Waals surface area contributed by atoms with Gasteiger partial charge in [0.2, 0.25) is 10.0 Å². The summed E-state index contributed by atoms with van der Waals surface area (Å²) in [4.78, 5) is 0.549. The quantitative estimate of drug-likeness (QED) is 0.903. The molecule has 0 aliphatic carbocycles. The van der Waals surface area contributed by atoms with Gasteiger partial charge in [0.05, 0.1) is 5.02 Å². The van der Waals surface area contributed by atoms with Gasteiger partial charge in [0, 0.05) is 10.9 Å². The van der Waals surface area contributed by atoms with E-state index in [1.165, 1.54) is 30.0 Å². The lowest BCUT2D eigenvalue weighted by Crippen LogP contribution is -2.31. The molecule has 3 nitrogen and oxygen atoms in total. The van der Waals surface area contributed by atoms with E-state index in [-0.39, 0.29) is 15.7 Å². The summed E-state index contributed by atoms with van der Waals surface area (Å²) < 4.78 is 41.5. The van der Waals surface area contributed by atoms with Crippen LogP contribution in [0.2, 0.25) is 5.02 Å². The van der Waals surface area contributed by atoms with Crippen molar-refractivity contribution in [2.45, 2.75) is 22.3 Å². The van der Waals surface area contributed by atoms with Gasteiger partial charge in [-0.15, -0.1) is 11.8 Å². The molecule has 0 radical (unpaired) electrons. The van der Waals surface area contributed by atoms with Crippen molar-refractivity contribution in [3.8, 4) is 0 Å². The van der Waals surface area contributed by atoms with Crippen LogP contribution in [0.3, 0.4) is 0 Å². The van der Waals surface area contributed by atoms with E-state index in [9.17, 15) is 12.8 Å². The standard InChI is InChI=1S/C15H13ClFNO2S2/c16-11-5-1-2-7-14(11)22(19,20)18-13-8-9-21-15-10(13)4-3-6-12(15)17/h1-7,13,18H,8-9H2. The average molecular weight is 358 g/mol. The summed E-state index contributed by atoms with van der Waals surface area (Å²) in [5.41, 5.74) is 0.673. The Hall–Kier alpha value is -1.08. The minimum atomic E-state index is -3.76. The Morgan fingerprint density at radius 1 is 1.18 bits per heavy atom. The fraction of sp³-hybridized carbons (Fsp3) is 0.200. The molecular weight excluding hydrogens is 345 g/mol. The van der Waals surface area contributed by atoms with Crippen molar-refractivity contribution in [2.75, 3.05) is 5.75 Å². The summed E-state index contributed by atoms with van der Waals surface area (Å²) in [5, 5.41) is 0.166. The minimum absolute atomic E-state index is 0.0350. The van der Waals surface area contributed by atoms with Crippen molar-refractivity contribution in [3.63, 3.8) is 0 Å². The Bertz CT molecular complexity index is 811. The molecule has 0 saturated carbocycles. The van der Waals surface area contributed by atoms with Gasteiger partial charge in [-0.1, -0.05) is 35.9 Å². The number of thioether (sulfide) groups is 1. The van der Waals surface area contributed by atoms with Crippen LogP contribution in [-0.4, -0.2) is 14.2 Å². The van der Waals surface area contributed by atoms with Crippen molar-refractivity contribution in [1.29, 1.82) is 0 Å². The van der Waals surface area contributed by atoms with Crippen molar-refractivity contribution in [3.05, 3.63) is 58.9 Å². The van der Waals surface area contributed by atoms with Gasteiger partial charge in [0.1, 0.15) is 10.7 Å². The van der Waals surface area contributed by atoms with Crippen LogP contribution in [0.4, 0.5) is 4.39 Å². The van der Waals surface area contributed by atoms with Crippen molar-refractivity contribution < 1.29 is 12.8 Å². The average Bonchev–Trinajstić information content (AvgIpc) is 2.48. The largest absolute Gasteiger partial charge is 0.242 e. The normalized spacial score (nSPS) is 18.0. The predicted molar refractivity (Wildman–Crippen MR) is 86.3 cm³/mol. The van der Waals surface area contributed by atoms with Crippen LogP contribution in [0.5, 0.6) is 0 Å². The van der Waals surface area contributed by atoms with Crippen molar-refractivity contribution in [2.24, 2.45) is 0 Å². The van der Waals surface area contributed by atoms with E-state index in [1.807, 2.05) is 0 Å². The molecule has 1 heterocycles. The van der Waals surface area contributed by atoms with Crippen molar-refractivity contribution in [1.82, 2.24) is 4.72 Å². The molecule has 0 amide bonds. The zero-order valence-corrected chi connectivity index (χ0v) is 13.8. The molecule has 1 unspecified atom stereocenters. The zero-order valence-electron chi connectivity index (χ0n) is 11.4. The number of benzene rings is 2. The molecule has 2 aromatic rings. The first-order valence-electron chi connectivity index (χ1n) is 6.67. The van der Waals surface area contributed by atoms with Crippen LogP contribution in [-0.2, 0) is 10.0 Å². The number of halogens is 2. The molecule has 3 rings (SSSR count). The smallest absolute Gasteiger partial charge is 0.207 e. The lowest BCUT2D eigenvalue weighted by atomic mass is 10.0. The molecule has 0 aromatic heterocycles. The third-order valence-corrected chi connectivity index (χ3v) is 6.58. The highest BCUT2D eigenvalue weighted by Crippen LogP contribution is 2.38. The second-order valence-electron chi connectivity index (χ2n) is 4.90. The van der Waals surface area contributed by atoms with E-state index in [0.29, 0.717) is 22.6 Å². The second-order valence-corrected chi connectivity index (χ2v) is 8.09. The SMILES string of the molecule is O=S(=O)(NC1CCSc2c(F)cccc21)c1ccccc1Cl. The molecule has 0 bridgehead atoms. The van der Waals surface area contributed by atoms with Gasteiger partial charge in [-0.2, -0.15) is 0 Å². The van der Waals surface area contributed by atoms with Gasteiger partial charge in [-0.05, 0) is 35.9 Å². The van der Waals surface area contributed by atoms with E-state index < -0.39 is 16.1 Å². The molecule has 1 aliphatic rings. The van der Waals surface area contributed by atoms with Crippen LogP contribution in [0, 0.1) is 5.82 Å². The highest BCUT2D eigenvalue weighted by Gasteiger charge is 2.28. The highest BCUT2D eigenvalue weighted by molar-refractivity contribution is 7.99. The minimum Gasteiger partial charge on any atom is -0.207 e. The number of hydrogen-bond acceptors (Lipinski definition) is 3. The van der Waals surface area contributed by atoms with Crippen LogP contribution >= 0.6 is 23.4 Å². The summed E-state index contributed by atoms with van der Waals surface area (Å²) in [5.74, 6) is 0.341. The number of rotatable bonds is 3. The summed E-state index contributed by atoms with van der Waals surface area (Å²) in [6.45, 7) is 0. The summed E-state index contributed by atoms with van der Waals surface area (Å²) >= 11 is 7.38. The van der Waals surface area contributed by atoms with Crippen LogP contribution in [0.1, 0.15) is 18.0 Å². The van der Waals surface area contributed by atoms with E-state index >= 15 is 0 Å². The highest BCUT2D eigenvalue weighted by atomic mass is 35.5. The number of fused-ring (bicyclic) bond motifs is 1. The van der Waals surface area contributed by atoms with Gasteiger partial charge in [0.15, 0.2) is 0 Å². The summed E-state index contributed by atoms with van der Waals surface area (Å²) in [7, 11) is -3.76. The number of sulfonamides is 1. The van der Waals surface area contributed by atoms with E-state index in [1.54, 1.807) is 24.3 Å². The number of hydrogen-bond donors (Lipinski definition) is 1. The Morgan fingerprint density at radius 2 is 1.95 bits per heavy atom. The molecule has 2 aromatic carbocycles. The van der Waals surface area contributed by atoms with Gasteiger partial charge < -0.3 is 0 Å². The fourth-order valence-electron chi connectivity index (χ4n) is 2.42. The second kappa shape index (κ2) is 6.20. The van der Waals surface area contributed by atoms with Crippen LogP contribution in [0.15, 0.2) is 52.3 Å². The Kier molecular flexibility index (Phi) is 4.45. The monoisotopic (exact) mass is 357 g/mol. The van der Waals surface area contributed by atoms with Crippen molar-refractivity contribution >= 4 is 33.4 Å². The maximum Gasteiger partial charge on any atom is 0.242 e. The maximum absolute atomic E-state index is 13.8. The lowest BCUT2D eigenvalue weighted by molar-refractivity contribution is 0.533. The molecule has 0 spiro atoms. The molecule has 0 saturated heterocycles. The van der Waals surface area contributed by atoms with Gasteiger partial charge >= 0.3 is 0 Å². The van der Waals surface area contributed by atoms with Crippen LogP contribution < -0.4 is 4.72 Å². The molecule has 116 valence electrons. The topological polar surface area (TPSA) is 46.2 Å². The number of nitrogens with one attached hydrogen (secondary N) is 1. The van der Waals surface area contributed by atoms with Gasteiger partial charge in [-0.3, -0.25) is 0 Å². The van der Waals surface area contributed by atoms with E-state index in [4.69, 9.17) is 11.6 Å². The lowest BCUT2D eigenvalue weighted by Gasteiger charge is -2.26. The molecule has 22 heavy (non-hydrogen) atoms. The van der Waals surface area contributed by atoms with E-state index in [2.05, 4.69) is 4.72 Å². The fourth-order valence-corrected chi connectivity index (χ4v) is 5.33. The first-order chi connectivity index (χ1) is 10.5. The molecule has 1 aliphatic heterocycles. The predicted octanol–water partition coefficient (Wildman–Crippen LogP) is 3.99. The van der Waals surface area contributed by atoms with E-state index in [0.717, 1.165) is 0 Å². The first-order valence-corrected chi connectivity index (χ1v) is 9.52. The van der Waals surface area contributed by atoms with Crippen LogP contribution in [0.25, 0.3) is 0 Å². The molecule has 1 N–H and O–H groups in total. The first kappa shape index (κ1) is 15.8. The molecule has 0 fully saturated rings. The Balaban J connectivity index is 1.95. The Morgan fingerprint density at radius 3 is 2.73 bits per heavy atom. The maximum atomic E-state index is 13.8. The molecule has 7 heteroatoms. The van der Waals surface area contributed by atoms with Gasteiger partial charge in [0.25, 0.3) is 0 Å². The molecular formula is C15H13ClFNO2S2. The molecule has 1 atom stereocenters. The van der Waals surface area contributed by atoms with Gasteiger partial charge in [-0.25, -0.2) is 17.5 Å². The Labute approximate surface area is 137 Å². The third kappa shape index (κ3) is 3.01. The third-order valence-electron chi connectivity index (χ3n) is 3.45.